The molecule has 1 fully saturated rings. The highest BCUT2D eigenvalue weighted by atomic mass is 16.5. The van der Waals surface area contributed by atoms with E-state index in [0.29, 0.717) is 12.1 Å². The zero-order chi connectivity index (χ0) is 14.8. The summed E-state index contributed by atoms with van der Waals surface area (Å²) in [7, 11) is 1.70. The second-order valence-electron chi connectivity index (χ2n) is 5.59. The third-order valence-corrected chi connectivity index (χ3v) is 3.90. The third kappa shape index (κ3) is 3.29. The molecule has 20 heavy (non-hydrogen) atoms. The van der Waals surface area contributed by atoms with Gasteiger partial charge in [0.05, 0.1) is 12.1 Å². The van der Waals surface area contributed by atoms with Gasteiger partial charge < -0.3 is 14.9 Å². The summed E-state index contributed by atoms with van der Waals surface area (Å²) >= 11 is 0. The van der Waals surface area contributed by atoms with Crippen LogP contribution in [0.5, 0.6) is 11.5 Å². The summed E-state index contributed by atoms with van der Waals surface area (Å²) in [4.78, 5) is 14.3. The van der Waals surface area contributed by atoms with E-state index in [0.717, 1.165) is 25.9 Å². The Morgan fingerprint density at radius 2 is 2.15 bits per heavy atom. The van der Waals surface area contributed by atoms with Crippen molar-refractivity contribution < 1.29 is 19.7 Å². The van der Waals surface area contributed by atoms with Crippen LogP contribution in [0.4, 0.5) is 0 Å². The molecule has 0 spiro atoms. The molecule has 5 heteroatoms. The molecule has 110 valence electrons. The van der Waals surface area contributed by atoms with Crippen LogP contribution in [-0.4, -0.2) is 53.2 Å². The number of ether oxygens (including phenoxy) is 1. The molecule has 5 nitrogen and oxygen atoms in total. The van der Waals surface area contributed by atoms with Gasteiger partial charge in [-0.1, -0.05) is 0 Å². The largest absolute Gasteiger partial charge is 0.504 e. The minimum absolute atomic E-state index is 0.0688. The molecule has 0 amide bonds. The first-order valence-corrected chi connectivity index (χ1v) is 6.76. The number of aromatic hydroxyl groups is 2. The lowest BCUT2D eigenvalue weighted by atomic mass is 9.94. The monoisotopic (exact) mass is 279 g/mol. The first-order chi connectivity index (χ1) is 9.43. The van der Waals surface area contributed by atoms with E-state index in [1.54, 1.807) is 7.11 Å². The van der Waals surface area contributed by atoms with Gasteiger partial charge in [0.25, 0.3) is 0 Å². The number of benzene rings is 1. The molecule has 1 heterocycles. The lowest BCUT2D eigenvalue weighted by molar-refractivity contribution is -0.0485. The number of carbonyl (C=O) groups is 1. The lowest BCUT2D eigenvalue weighted by Crippen LogP contribution is -2.48. The first kappa shape index (κ1) is 14.8. The van der Waals surface area contributed by atoms with Crippen molar-refractivity contribution in [3.05, 3.63) is 23.8 Å². The average molecular weight is 279 g/mol. The number of piperidine rings is 1. The normalized spacial score (nSPS) is 23.7. The topological polar surface area (TPSA) is 70.0 Å². The number of phenolic OH excluding ortho intramolecular Hbond substituents is 2. The van der Waals surface area contributed by atoms with Gasteiger partial charge in [0, 0.05) is 19.2 Å². The minimum atomic E-state index is -0.267. The molecule has 0 aromatic heterocycles. The SMILES string of the molecule is COC1(C)CCCN(CC(=O)c2ccc(O)c(O)c2)C1. The summed E-state index contributed by atoms with van der Waals surface area (Å²) in [6.45, 7) is 3.94. The number of rotatable bonds is 4. The molecule has 2 N–H and O–H groups in total. The van der Waals surface area contributed by atoms with Gasteiger partial charge in [0.2, 0.25) is 0 Å². The fraction of sp³-hybridized carbons (Fsp3) is 0.533. The molecule has 1 unspecified atom stereocenters. The molecular formula is C15H21NO4. The van der Waals surface area contributed by atoms with Crippen molar-refractivity contribution in [2.24, 2.45) is 0 Å². The maximum atomic E-state index is 12.2. The Hall–Kier alpha value is -1.59. The van der Waals surface area contributed by atoms with Crippen LogP contribution in [0.3, 0.4) is 0 Å². The molecule has 1 aliphatic heterocycles. The van der Waals surface area contributed by atoms with Crippen molar-refractivity contribution in [2.75, 3.05) is 26.7 Å². The predicted molar refractivity (Wildman–Crippen MR) is 75.2 cm³/mol. The standard InChI is InChI=1S/C15H21NO4/c1-15(20-2)6-3-7-16(10-15)9-14(19)11-4-5-12(17)13(18)8-11/h4-5,8,17-18H,3,6-7,9-10H2,1-2H3. The fourth-order valence-corrected chi connectivity index (χ4v) is 2.60. The van der Waals surface area contributed by atoms with Gasteiger partial charge in [-0.2, -0.15) is 0 Å². The van der Waals surface area contributed by atoms with Gasteiger partial charge in [0.15, 0.2) is 17.3 Å². The summed E-state index contributed by atoms with van der Waals surface area (Å²) in [5, 5.41) is 18.7. The summed E-state index contributed by atoms with van der Waals surface area (Å²) in [6.07, 6.45) is 1.99. The zero-order valence-electron chi connectivity index (χ0n) is 11.9. The number of hydrogen-bond acceptors (Lipinski definition) is 5. The number of methoxy groups -OCH3 is 1. The number of Topliss-reactive ketones (excluding diaryl/α,β-unsaturated/α-hetero) is 1. The smallest absolute Gasteiger partial charge is 0.176 e. The predicted octanol–water partition coefficient (Wildman–Crippen LogP) is 1.78. The Labute approximate surface area is 118 Å². The number of phenols is 2. The van der Waals surface area contributed by atoms with Crippen LogP contribution >= 0.6 is 0 Å². The second-order valence-corrected chi connectivity index (χ2v) is 5.59. The Morgan fingerprint density at radius 3 is 2.80 bits per heavy atom. The number of likely N-dealkylation sites (tertiary alicyclic amines) is 1. The van der Waals surface area contributed by atoms with Crippen LogP contribution in [0.2, 0.25) is 0 Å². The van der Waals surface area contributed by atoms with E-state index in [1.165, 1.54) is 18.2 Å². The lowest BCUT2D eigenvalue weighted by Gasteiger charge is -2.39. The minimum Gasteiger partial charge on any atom is -0.504 e. The van der Waals surface area contributed by atoms with Gasteiger partial charge in [-0.05, 0) is 44.5 Å². The van der Waals surface area contributed by atoms with E-state index in [2.05, 4.69) is 11.8 Å². The third-order valence-electron chi connectivity index (χ3n) is 3.90. The Bertz CT molecular complexity index is 503. The number of nitrogens with zero attached hydrogens (tertiary/aromatic N) is 1. The molecule has 1 aromatic carbocycles. The molecule has 1 saturated heterocycles. The Balaban J connectivity index is 2.02. The molecule has 0 radical (unpaired) electrons. The second kappa shape index (κ2) is 5.81. The van der Waals surface area contributed by atoms with Crippen LogP contribution < -0.4 is 0 Å². The highest BCUT2D eigenvalue weighted by Crippen LogP contribution is 2.26. The Kier molecular flexibility index (Phi) is 4.30. The Morgan fingerprint density at radius 1 is 1.40 bits per heavy atom. The molecule has 2 rings (SSSR count). The van der Waals surface area contributed by atoms with Crippen LogP contribution in [0.25, 0.3) is 0 Å². The maximum absolute atomic E-state index is 12.2. The highest BCUT2D eigenvalue weighted by Gasteiger charge is 2.31. The molecule has 0 saturated carbocycles. The van der Waals surface area contributed by atoms with Crippen LogP contribution in [0, 0.1) is 0 Å². The van der Waals surface area contributed by atoms with E-state index < -0.39 is 0 Å². The summed E-state index contributed by atoms with van der Waals surface area (Å²) in [6, 6.07) is 4.16. The van der Waals surface area contributed by atoms with E-state index in [9.17, 15) is 15.0 Å². The summed E-state index contributed by atoms with van der Waals surface area (Å²) in [5.41, 5.74) is 0.209. The molecule has 1 aromatic rings. The molecule has 1 aliphatic rings. The summed E-state index contributed by atoms with van der Waals surface area (Å²) in [5.74, 6) is -0.552. The number of carbonyl (C=O) groups excluding carboxylic acids is 1. The van der Waals surface area contributed by atoms with E-state index in [1.807, 2.05) is 0 Å². The average Bonchev–Trinajstić information content (AvgIpc) is 2.42. The van der Waals surface area contributed by atoms with Gasteiger partial charge in [0.1, 0.15) is 0 Å². The zero-order valence-corrected chi connectivity index (χ0v) is 11.9. The van der Waals surface area contributed by atoms with Gasteiger partial charge in [-0.25, -0.2) is 0 Å². The molecule has 1 atom stereocenters. The summed E-state index contributed by atoms with van der Waals surface area (Å²) < 4.78 is 5.50. The highest BCUT2D eigenvalue weighted by molar-refractivity contribution is 5.98. The van der Waals surface area contributed by atoms with E-state index in [4.69, 9.17) is 4.74 Å². The maximum Gasteiger partial charge on any atom is 0.176 e. The van der Waals surface area contributed by atoms with Crippen molar-refractivity contribution in [1.82, 2.24) is 4.90 Å². The van der Waals surface area contributed by atoms with Crippen molar-refractivity contribution >= 4 is 5.78 Å². The van der Waals surface area contributed by atoms with Crippen molar-refractivity contribution in [3.8, 4) is 11.5 Å². The molecule has 0 aliphatic carbocycles. The van der Waals surface area contributed by atoms with Gasteiger partial charge >= 0.3 is 0 Å². The fourth-order valence-electron chi connectivity index (χ4n) is 2.60. The van der Waals surface area contributed by atoms with Crippen LogP contribution in [0.15, 0.2) is 18.2 Å². The van der Waals surface area contributed by atoms with Crippen molar-refractivity contribution in [1.29, 1.82) is 0 Å². The number of hydrogen-bond donors (Lipinski definition) is 2. The van der Waals surface area contributed by atoms with Crippen LogP contribution in [0.1, 0.15) is 30.1 Å². The molecular weight excluding hydrogens is 258 g/mol. The molecule has 0 bridgehead atoms. The van der Waals surface area contributed by atoms with E-state index in [-0.39, 0.29) is 22.9 Å². The quantitative estimate of drug-likeness (QED) is 0.649. The van der Waals surface area contributed by atoms with E-state index >= 15 is 0 Å². The van der Waals surface area contributed by atoms with Crippen LogP contribution in [-0.2, 0) is 4.74 Å². The van der Waals surface area contributed by atoms with Gasteiger partial charge in [-0.3, -0.25) is 9.69 Å². The van der Waals surface area contributed by atoms with Crippen molar-refractivity contribution in [3.63, 3.8) is 0 Å². The number of ketones is 1. The van der Waals surface area contributed by atoms with Crippen molar-refractivity contribution in [2.45, 2.75) is 25.4 Å². The van der Waals surface area contributed by atoms with Gasteiger partial charge in [-0.15, -0.1) is 0 Å². The first-order valence-electron chi connectivity index (χ1n) is 6.76.